The molecule has 2 heterocycles. The quantitative estimate of drug-likeness (QED) is 0.123. The Balaban J connectivity index is 0.00000319. The molecule has 5 rings (SSSR count). The molecule has 13 nitrogen and oxygen atoms in total. The fraction of sp³-hybridized carbons (Fsp3) is 0.488. The van der Waals surface area contributed by atoms with Crippen LogP contribution in [0.15, 0.2) is 60.7 Å². The lowest BCUT2D eigenvalue weighted by atomic mass is 9.78. The molecule has 2 N–H and O–H groups in total. The number of nitrogens with one attached hydrogen (secondary N) is 1. The molecule has 2 aliphatic rings. The molecule has 0 aromatic heterocycles. The Bertz CT molecular complexity index is 1750. The summed E-state index contributed by atoms with van der Waals surface area (Å²) in [6, 6.07) is 17.5. The summed E-state index contributed by atoms with van der Waals surface area (Å²) in [5, 5.41) is 16.4. The fourth-order valence-corrected chi connectivity index (χ4v) is 6.12. The zero-order chi connectivity index (χ0) is 39.9. The van der Waals surface area contributed by atoms with E-state index in [0.717, 1.165) is 0 Å². The van der Waals surface area contributed by atoms with Crippen molar-refractivity contribution >= 4 is 24.4 Å². The monoisotopic (exact) mass is 751 g/mol. The van der Waals surface area contributed by atoms with Gasteiger partial charge in [-0.15, -0.1) is 0 Å². The maximum Gasteiger partial charge on any atom is 0.303 e. The van der Waals surface area contributed by atoms with Crippen LogP contribution in [0.2, 0.25) is 0 Å². The van der Waals surface area contributed by atoms with E-state index in [9.17, 15) is 14.7 Å². The van der Waals surface area contributed by atoms with Crippen molar-refractivity contribution in [3.05, 3.63) is 88.5 Å². The Morgan fingerprint density at radius 2 is 1.31 bits per heavy atom. The number of carbonyl (C=O) groups excluding carboxylic acids is 3. The predicted octanol–water partition coefficient (Wildman–Crippen LogP) is 6.20. The van der Waals surface area contributed by atoms with Gasteiger partial charge in [0.1, 0.15) is 23.9 Å². The van der Waals surface area contributed by atoms with E-state index in [0.29, 0.717) is 71.4 Å². The maximum atomic E-state index is 13.5. The van der Waals surface area contributed by atoms with E-state index >= 15 is 0 Å². The van der Waals surface area contributed by atoms with Gasteiger partial charge in [0.2, 0.25) is 0 Å². The van der Waals surface area contributed by atoms with Crippen LogP contribution in [-0.2, 0) is 48.4 Å². The zero-order valence-electron chi connectivity index (χ0n) is 32.6. The number of methoxy groups -OCH3 is 2. The average molecular weight is 752 g/mol. The molecule has 1 amide bonds. The smallest absolute Gasteiger partial charge is 0.303 e. The first kappa shape index (κ1) is 42.4. The van der Waals surface area contributed by atoms with E-state index in [-0.39, 0.29) is 17.6 Å². The molecule has 2 fully saturated rings. The second-order valence-electron chi connectivity index (χ2n) is 15.4. The van der Waals surface area contributed by atoms with Gasteiger partial charge in [-0.3, -0.25) is 9.59 Å². The number of benzene rings is 3. The highest BCUT2D eigenvalue weighted by Gasteiger charge is 2.42. The topological polar surface area (TPSA) is 157 Å². The van der Waals surface area contributed by atoms with Crippen LogP contribution < -0.4 is 14.8 Å². The summed E-state index contributed by atoms with van der Waals surface area (Å²) in [6.45, 7) is 16.3. The van der Waals surface area contributed by atoms with Crippen molar-refractivity contribution in [1.29, 1.82) is 0 Å². The number of esters is 1. The van der Waals surface area contributed by atoms with Gasteiger partial charge in [0, 0.05) is 52.8 Å². The van der Waals surface area contributed by atoms with Crippen LogP contribution in [-0.4, -0.2) is 76.8 Å². The zero-order valence-corrected chi connectivity index (χ0v) is 32.6. The first-order valence-corrected chi connectivity index (χ1v) is 17.5. The van der Waals surface area contributed by atoms with Crippen LogP contribution in [0.1, 0.15) is 88.9 Å². The highest BCUT2D eigenvalue weighted by atomic mass is 16.7. The van der Waals surface area contributed by atoms with Crippen molar-refractivity contribution in [1.82, 2.24) is 0 Å². The van der Waals surface area contributed by atoms with Gasteiger partial charge < -0.3 is 53.1 Å². The minimum atomic E-state index is -2.01. The summed E-state index contributed by atoms with van der Waals surface area (Å²) >= 11 is 0. The maximum absolute atomic E-state index is 13.5. The average Bonchev–Trinajstić information content (AvgIpc) is 3.14. The molecule has 0 bridgehead atoms. The number of amides is 1. The molecule has 1 atom stereocenters. The molecule has 54 heavy (non-hydrogen) atoms. The van der Waals surface area contributed by atoms with Gasteiger partial charge >= 0.3 is 5.97 Å². The second-order valence-corrected chi connectivity index (χ2v) is 15.4. The highest BCUT2D eigenvalue weighted by molar-refractivity contribution is 5.98. The summed E-state index contributed by atoms with van der Waals surface area (Å²) < 4.78 is 47.1. The molecule has 0 aliphatic carbocycles. The number of rotatable bonds is 12. The molecule has 3 aromatic carbocycles. The minimum Gasteiger partial charge on any atom is -0.496 e. The first-order valence-electron chi connectivity index (χ1n) is 17.5. The Hall–Kier alpha value is -4.37. The van der Waals surface area contributed by atoms with Crippen molar-refractivity contribution in [3.63, 3.8) is 0 Å². The van der Waals surface area contributed by atoms with E-state index in [1.54, 1.807) is 48.5 Å². The molecule has 2 aliphatic heterocycles. The van der Waals surface area contributed by atoms with Gasteiger partial charge in [0.25, 0.3) is 5.91 Å². The molecule has 13 heteroatoms. The van der Waals surface area contributed by atoms with Gasteiger partial charge in [-0.1, -0.05) is 52.0 Å². The molecule has 0 radical (unpaired) electrons. The lowest BCUT2D eigenvalue weighted by Gasteiger charge is -2.37. The molecule has 1 unspecified atom stereocenters. The van der Waals surface area contributed by atoms with Crippen molar-refractivity contribution in [3.8, 4) is 11.5 Å². The third-order valence-electron chi connectivity index (χ3n) is 8.87. The lowest BCUT2D eigenvalue weighted by molar-refractivity contribution is -0.226. The summed E-state index contributed by atoms with van der Waals surface area (Å²) in [5.41, 5.74) is -1.12. The van der Waals surface area contributed by atoms with Crippen LogP contribution in [0.25, 0.3) is 0 Å². The summed E-state index contributed by atoms with van der Waals surface area (Å²) in [4.78, 5) is 33.0. The van der Waals surface area contributed by atoms with Gasteiger partial charge in [0.05, 0.1) is 33.5 Å². The van der Waals surface area contributed by atoms with E-state index in [4.69, 9.17) is 42.7 Å². The first-order chi connectivity index (χ1) is 25.5. The number of carbonyl (C=O) groups is 3. The molecule has 0 spiro atoms. The molecule has 0 saturated carbocycles. The Morgan fingerprint density at radius 1 is 0.815 bits per heavy atom. The highest BCUT2D eigenvalue weighted by Crippen LogP contribution is 2.48. The standard InChI is InChI=1S/C40H51NO11.CH2O/c1-25(42)52-39(6,7)36(43)41-29-12-10-11-28(19-29)40(44,30-17-26(13-15-32(30)46-9)34-47-20-37(2,3)21-48-34)31-18-27(14-16-33(31)51-24-45-8)35-49-22-38(4,5)23-50-35;1-2/h10-19,34-35,44H,20-24H2,1-9H3,(H,41,43);1H2. The Kier molecular flexibility index (Phi) is 13.7. The summed E-state index contributed by atoms with van der Waals surface area (Å²) in [7, 11) is 3.03. The van der Waals surface area contributed by atoms with Gasteiger partial charge in [0.15, 0.2) is 25.0 Å². The molecule has 3 aromatic rings. The predicted molar refractivity (Wildman–Crippen MR) is 199 cm³/mol. The van der Waals surface area contributed by atoms with Crippen LogP contribution >= 0.6 is 0 Å². The molecular formula is C41H53NO12. The van der Waals surface area contributed by atoms with E-state index < -0.39 is 35.7 Å². The summed E-state index contributed by atoms with van der Waals surface area (Å²) in [6.07, 6.45) is -1.40. The van der Waals surface area contributed by atoms with E-state index in [1.807, 2.05) is 18.9 Å². The van der Waals surface area contributed by atoms with Gasteiger partial charge in [-0.25, -0.2) is 0 Å². The third-order valence-corrected chi connectivity index (χ3v) is 8.87. The normalized spacial score (nSPS) is 18.3. The minimum absolute atomic E-state index is 0.106. The van der Waals surface area contributed by atoms with Crippen molar-refractivity contribution in [2.24, 2.45) is 10.8 Å². The van der Waals surface area contributed by atoms with Crippen LogP contribution in [0.5, 0.6) is 11.5 Å². The lowest BCUT2D eigenvalue weighted by Crippen LogP contribution is -2.41. The van der Waals surface area contributed by atoms with Gasteiger partial charge in [-0.05, 0) is 55.8 Å². The number of aliphatic hydroxyl groups is 1. The van der Waals surface area contributed by atoms with Crippen molar-refractivity contribution < 1.29 is 57.4 Å². The SMILES string of the molecule is C=O.COCOc1ccc(C2OCC(C)(C)CO2)cc1C(O)(c1cccc(NC(=O)C(C)(C)OC(C)=O)c1)c1cc(C2OCC(C)(C)CO2)ccc1OC. The Labute approximate surface area is 317 Å². The second kappa shape index (κ2) is 17.4. The molecular weight excluding hydrogens is 698 g/mol. The molecule has 294 valence electrons. The third kappa shape index (κ3) is 9.83. The number of hydrogen-bond donors (Lipinski definition) is 2. The van der Waals surface area contributed by atoms with E-state index in [1.165, 1.54) is 35.0 Å². The van der Waals surface area contributed by atoms with Crippen molar-refractivity contribution in [2.75, 3.05) is 52.8 Å². The van der Waals surface area contributed by atoms with Crippen molar-refractivity contribution in [2.45, 2.75) is 72.2 Å². The molecule has 2 saturated heterocycles. The Morgan fingerprint density at radius 3 is 1.80 bits per heavy atom. The summed E-state index contributed by atoms with van der Waals surface area (Å²) in [5.74, 6) is -0.474. The number of hydrogen-bond acceptors (Lipinski definition) is 12. The van der Waals surface area contributed by atoms with Crippen LogP contribution in [0.3, 0.4) is 0 Å². The van der Waals surface area contributed by atoms with Gasteiger partial charge in [-0.2, -0.15) is 0 Å². The van der Waals surface area contributed by atoms with E-state index in [2.05, 4.69) is 33.0 Å². The number of ether oxygens (including phenoxy) is 8. The largest absolute Gasteiger partial charge is 0.496 e. The fourth-order valence-electron chi connectivity index (χ4n) is 6.12. The van der Waals surface area contributed by atoms with Crippen LogP contribution in [0, 0.1) is 10.8 Å². The van der Waals surface area contributed by atoms with Crippen LogP contribution in [0.4, 0.5) is 5.69 Å². The number of anilines is 1.